The Labute approximate surface area is 129 Å². The van der Waals surface area contributed by atoms with Gasteiger partial charge in [0.05, 0.1) is 0 Å². The number of amides is 1. The van der Waals surface area contributed by atoms with Crippen molar-refractivity contribution in [2.24, 2.45) is 0 Å². The fourth-order valence-electron chi connectivity index (χ4n) is 2.65. The quantitative estimate of drug-likeness (QED) is 0.936. The average Bonchev–Trinajstić information content (AvgIpc) is 3.16. The van der Waals surface area contributed by atoms with Crippen LogP contribution < -0.4 is 0 Å². The van der Waals surface area contributed by atoms with Crippen molar-refractivity contribution in [1.29, 1.82) is 0 Å². The minimum Gasteiger partial charge on any atom is -0.480 e. The van der Waals surface area contributed by atoms with Gasteiger partial charge in [0, 0.05) is 18.8 Å². The van der Waals surface area contributed by atoms with E-state index >= 15 is 0 Å². The van der Waals surface area contributed by atoms with Crippen LogP contribution in [0.5, 0.6) is 0 Å². The van der Waals surface area contributed by atoms with E-state index in [-0.39, 0.29) is 11.4 Å². The van der Waals surface area contributed by atoms with Gasteiger partial charge in [0.1, 0.15) is 17.5 Å². The number of carboxylic acids is 1. The van der Waals surface area contributed by atoms with Crippen molar-refractivity contribution >= 4 is 11.9 Å². The van der Waals surface area contributed by atoms with Crippen molar-refractivity contribution in [1.82, 2.24) is 14.7 Å². The molecule has 3 rings (SSSR count). The van der Waals surface area contributed by atoms with Gasteiger partial charge in [-0.25, -0.2) is 18.3 Å². The molecule has 0 unspecified atom stereocenters. The van der Waals surface area contributed by atoms with Crippen LogP contribution >= 0.6 is 0 Å². The number of aromatic nitrogens is 2. The van der Waals surface area contributed by atoms with E-state index in [4.69, 9.17) is 5.11 Å². The van der Waals surface area contributed by atoms with Crippen LogP contribution in [0.1, 0.15) is 23.3 Å². The maximum absolute atomic E-state index is 13.7. The number of carbonyl (C=O) groups is 2. The minimum absolute atomic E-state index is 0.00153. The first kappa shape index (κ1) is 15.1. The van der Waals surface area contributed by atoms with Crippen LogP contribution in [-0.2, 0) is 4.79 Å². The summed E-state index contributed by atoms with van der Waals surface area (Å²) in [5, 5.41) is 13.1. The fourth-order valence-corrected chi connectivity index (χ4v) is 2.65. The number of carbonyl (C=O) groups excluding carboxylic acids is 1. The first-order valence-corrected chi connectivity index (χ1v) is 7.02. The zero-order chi connectivity index (χ0) is 16.6. The Morgan fingerprint density at radius 3 is 2.74 bits per heavy atom. The van der Waals surface area contributed by atoms with E-state index in [0.717, 1.165) is 16.8 Å². The van der Waals surface area contributed by atoms with Gasteiger partial charge in [0.25, 0.3) is 5.91 Å². The fraction of sp³-hybridized carbons (Fsp3) is 0.267. The molecule has 120 valence electrons. The summed E-state index contributed by atoms with van der Waals surface area (Å²) in [4.78, 5) is 24.8. The van der Waals surface area contributed by atoms with Gasteiger partial charge in [-0.3, -0.25) is 4.79 Å². The lowest BCUT2D eigenvalue weighted by Crippen LogP contribution is -2.40. The number of benzene rings is 1. The Morgan fingerprint density at radius 1 is 1.26 bits per heavy atom. The average molecular weight is 321 g/mol. The summed E-state index contributed by atoms with van der Waals surface area (Å²) >= 11 is 0. The second kappa shape index (κ2) is 5.79. The third-order valence-electron chi connectivity index (χ3n) is 3.76. The Hall–Kier alpha value is -2.77. The largest absolute Gasteiger partial charge is 0.480 e. The number of halogens is 2. The summed E-state index contributed by atoms with van der Waals surface area (Å²) in [7, 11) is 0. The highest BCUT2D eigenvalue weighted by atomic mass is 19.1. The zero-order valence-electron chi connectivity index (χ0n) is 11.9. The summed E-state index contributed by atoms with van der Waals surface area (Å²) in [5.74, 6) is -3.09. The molecule has 8 heteroatoms. The lowest BCUT2D eigenvalue weighted by Gasteiger charge is -2.20. The Kier molecular flexibility index (Phi) is 3.81. The molecular weight excluding hydrogens is 308 g/mol. The van der Waals surface area contributed by atoms with Crippen molar-refractivity contribution in [3.8, 4) is 5.69 Å². The van der Waals surface area contributed by atoms with Gasteiger partial charge in [0.2, 0.25) is 0 Å². The Morgan fingerprint density at radius 2 is 2.04 bits per heavy atom. The molecule has 1 aromatic carbocycles. The number of rotatable bonds is 3. The topological polar surface area (TPSA) is 75.4 Å². The maximum Gasteiger partial charge on any atom is 0.326 e. The minimum atomic E-state index is -1.06. The third-order valence-corrected chi connectivity index (χ3v) is 3.76. The van der Waals surface area contributed by atoms with E-state index in [0.29, 0.717) is 19.4 Å². The maximum atomic E-state index is 13.7. The van der Waals surface area contributed by atoms with E-state index in [1.54, 1.807) is 0 Å². The van der Waals surface area contributed by atoms with E-state index < -0.39 is 29.6 Å². The number of carboxylic acid groups (broad SMARTS) is 1. The van der Waals surface area contributed by atoms with Crippen molar-refractivity contribution in [3.63, 3.8) is 0 Å². The first-order chi connectivity index (χ1) is 11.0. The highest BCUT2D eigenvalue weighted by Crippen LogP contribution is 2.20. The van der Waals surface area contributed by atoms with Crippen molar-refractivity contribution < 1.29 is 23.5 Å². The molecule has 0 aliphatic carbocycles. The monoisotopic (exact) mass is 321 g/mol. The summed E-state index contributed by atoms with van der Waals surface area (Å²) in [5.41, 5.74) is 0.0172. The van der Waals surface area contributed by atoms with Crippen LogP contribution in [0.25, 0.3) is 5.69 Å². The number of aliphatic carboxylic acids is 1. The molecule has 1 amide bonds. The van der Waals surface area contributed by atoms with Crippen molar-refractivity contribution in [3.05, 3.63) is 47.8 Å². The van der Waals surface area contributed by atoms with E-state index in [1.807, 2.05) is 0 Å². The van der Waals surface area contributed by atoms with Crippen LogP contribution in [0.3, 0.4) is 0 Å². The molecule has 1 aliphatic heterocycles. The molecule has 1 saturated heterocycles. The molecule has 0 spiro atoms. The molecule has 0 bridgehead atoms. The number of hydrogen-bond acceptors (Lipinski definition) is 3. The van der Waals surface area contributed by atoms with Crippen LogP contribution in [0.2, 0.25) is 0 Å². The van der Waals surface area contributed by atoms with Crippen molar-refractivity contribution in [2.75, 3.05) is 6.54 Å². The molecule has 1 aliphatic rings. The predicted octanol–water partition coefficient (Wildman–Crippen LogP) is 1.84. The summed E-state index contributed by atoms with van der Waals surface area (Å²) < 4.78 is 27.8. The van der Waals surface area contributed by atoms with Gasteiger partial charge >= 0.3 is 5.97 Å². The molecule has 1 aromatic heterocycles. The highest BCUT2D eigenvalue weighted by molar-refractivity contribution is 5.95. The van der Waals surface area contributed by atoms with Crippen LogP contribution in [0.4, 0.5) is 8.78 Å². The zero-order valence-corrected chi connectivity index (χ0v) is 11.9. The van der Waals surface area contributed by atoms with Gasteiger partial charge in [0.15, 0.2) is 11.5 Å². The van der Waals surface area contributed by atoms with Crippen LogP contribution in [0, 0.1) is 11.6 Å². The molecule has 0 radical (unpaired) electrons. The van der Waals surface area contributed by atoms with Gasteiger partial charge in [-0.2, -0.15) is 5.10 Å². The lowest BCUT2D eigenvalue weighted by atomic mass is 10.2. The standard InChI is InChI=1S/C15H13F2N3O3/c16-9-3-4-12(10(17)8-9)20-7-5-11(18-20)14(21)19-6-1-2-13(19)15(22)23/h3-5,7-8,13H,1-2,6H2,(H,22,23)/t13-/m0/s1. The smallest absolute Gasteiger partial charge is 0.326 e. The number of likely N-dealkylation sites (tertiary alicyclic amines) is 1. The second-order valence-electron chi connectivity index (χ2n) is 5.24. The highest BCUT2D eigenvalue weighted by Gasteiger charge is 2.35. The SMILES string of the molecule is O=C(O)[C@@H]1CCCN1C(=O)c1ccn(-c2ccc(F)cc2F)n1. The molecule has 23 heavy (non-hydrogen) atoms. The van der Waals surface area contributed by atoms with E-state index in [1.165, 1.54) is 23.2 Å². The number of nitrogens with zero attached hydrogens (tertiary/aromatic N) is 3. The Balaban J connectivity index is 1.87. The normalized spacial score (nSPS) is 17.5. The van der Waals surface area contributed by atoms with Crippen molar-refractivity contribution in [2.45, 2.75) is 18.9 Å². The van der Waals surface area contributed by atoms with E-state index in [9.17, 15) is 18.4 Å². The third kappa shape index (κ3) is 2.79. The molecule has 1 fully saturated rings. The molecule has 2 aromatic rings. The summed E-state index contributed by atoms with van der Waals surface area (Å²) in [6, 6.07) is 3.53. The van der Waals surface area contributed by atoms with E-state index in [2.05, 4.69) is 5.10 Å². The van der Waals surface area contributed by atoms with Gasteiger partial charge in [-0.15, -0.1) is 0 Å². The second-order valence-corrected chi connectivity index (χ2v) is 5.24. The molecule has 0 saturated carbocycles. The molecule has 1 atom stereocenters. The summed E-state index contributed by atoms with van der Waals surface area (Å²) in [6.07, 6.45) is 2.37. The van der Waals surface area contributed by atoms with Gasteiger partial charge < -0.3 is 10.0 Å². The van der Waals surface area contributed by atoms with Gasteiger partial charge in [-0.1, -0.05) is 0 Å². The first-order valence-electron chi connectivity index (χ1n) is 7.02. The van der Waals surface area contributed by atoms with Gasteiger partial charge in [-0.05, 0) is 31.0 Å². The Bertz CT molecular complexity index is 775. The lowest BCUT2D eigenvalue weighted by molar-refractivity contribution is -0.141. The number of hydrogen-bond donors (Lipinski definition) is 1. The molecule has 1 N–H and O–H groups in total. The summed E-state index contributed by atoms with van der Waals surface area (Å²) in [6.45, 7) is 0.341. The molecular formula is C15H13F2N3O3. The molecule has 6 nitrogen and oxygen atoms in total. The van der Waals surface area contributed by atoms with Crippen LogP contribution in [-0.4, -0.2) is 44.3 Å². The predicted molar refractivity (Wildman–Crippen MR) is 75.2 cm³/mol. The van der Waals surface area contributed by atoms with Crippen LogP contribution in [0.15, 0.2) is 30.5 Å². The molecule has 2 heterocycles.